The lowest BCUT2D eigenvalue weighted by Crippen LogP contribution is -2.22. The molecule has 1 rings (SSSR count). The summed E-state index contributed by atoms with van der Waals surface area (Å²) in [6.45, 7) is 5.16. The maximum absolute atomic E-state index is 5.54. The molecule has 0 radical (unpaired) electrons. The van der Waals surface area contributed by atoms with Gasteiger partial charge in [-0.3, -0.25) is 0 Å². The number of hydrogen-bond acceptors (Lipinski definition) is 3. The van der Waals surface area contributed by atoms with Crippen molar-refractivity contribution in [1.82, 2.24) is 5.32 Å². The summed E-state index contributed by atoms with van der Waals surface area (Å²) in [5.74, 6) is 0.643. The Morgan fingerprint density at radius 1 is 1.50 bits per heavy atom. The first kappa shape index (κ1) is 11.7. The van der Waals surface area contributed by atoms with Crippen LogP contribution in [0.5, 0.6) is 0 Å². The Labute approximate surface area is 90.5 Å². The summed E-state index contributed by atoms with van der Waals surface area (Å²) in [5.41, 5.74) is 5.54. The summed E-state index contributed by atoms with van der Waals surface area (Å²) in [6.07, 6.45) is 2.33. The van der Waals surface area contributed by atoms with E-state index in [1.807, 2.05) is 11.3 Å². The van der Waals surface area contributed by atoms with Crippen molar-refractivity contribution in [1.29, 1.82) is 0 Å². The summed E-state index contributed by atoms with van der Waals surface area (Å²) in [4.78, 5) is 1.46. The second-order valence-electron chi connectivity index (χ2n) is 3.71. The predicted octanol–water partition coefficient (Wildman–Crippen LogP) is 1.87. The molecule has 0 spiro atoms. The molecule has 14 heavy (non-hydrogen) atoms. The van der Waals surface area contributed by atoms with Crippen LogP contribution < -0.4 is 11.1 Å². The highest BCUT2D eigenvalue weighted by Crippen LogP contribution is 2.08. The Balaban J connectivity index is 1.95. The van der Waals surface area contributed by atoms with Crippen molar-refractivity contribution >= 4 is 11.3 Å². The lowest BCUT2D eigenvalue weighted by Gasteiger charge is -2.08. The van der Waals surface area contributed by atoms with E-state index in [0.29, 0.717) is 5.92 Å². The first-order valence-electron chi connectivity index (χ1n) is 5.26. The van der Waals surface area contributed by atoms with Crippen LogP contribution in [0.2, 0.25) is 0 Å². The van der Waals surface area contributed by atoms with Crippen molar-refractivity contribution in [2.45, 2.75) is 19.8 Å². The maximum Gasteiger partial charge on any atom is 0.00578 e. The van der Waals surface area contributed by atoms with Crippen LogP contribution in [0.4, 0.5) is 0 Å². The Morgan fingerprint density at radius 2 is 2.36 bits per heavy atom. The van der Waals surface area contributed by atoms with Crippen molar-refractivity contribution in [3.63, 3.8) is 0 Å². The second kappa shape index (κ2) is 6.98. The molecule has 0 aliphatic rings. The third kappa shape index (κ3) is 4.74. The molecule has 0 saturated carbocycles. The highest BCUT2D eigenvalue weighted by molar-refractivity contribution is 7.09. The van der Waals surface area contributed by atoms with E-state index in [-0.39, 0.29) is 0 Å². The van der Waals surface area contributed by atoms with Gasteiger partial charge in [0.25, 0.3) is 0 Å². The zero-order valence-corrected chi connectivity index (χ0v) is 9.65. The molecule has 3 N–H and O–H groups in total. The van der Waals surface area contributed by atoms with E-state index in [4.69, 9.17) is 5.73 Å². The van der Waals surface area contributed by atoms with E-state index in [1.54, 1.807) is 0 Å². The SMILES string of the molecule is CC(CN)CCNCCc1cccs1. The molecule has 2 nitrogen and oxygen atoms in total. The summed E-state index contributed by atoms with van der Waals surface area (Å²) in [6, 6.07) is 4.30. The molecule has 0 saturated heterocycles. The van der Waals surface area contributed by atoms with Crippen LogP contribution in [0.3, 0.4) is 0 Å². The Morgan fingerprint density at radius 3 is 3.00 bits per heavy atom. The second-order valence-corrected chi connectivity index (χ2v) is 4.74. The number of rotatable bonds is 7. The molecular weight excluding hydrogens is 192 g/mol. The number of hydrogen-bond donors (Lipinski definition) is 2. The third-order valence-electron chi connectivity index (χ3n) is 2.34. The molecule has 1 heterocycles. The van der Waals surface area contributed by atoms with Crippen LogP contribution in [0.15, 0.2) is 17.5 Å². The van der Waals surface area contributed by atoms with Crippen molar-refractivity contribution < 1.29 is 0 Å². The fraction of sp³-hybridized carbons (Fsp3) is 0.636. The van der Waals surface area contributed by atoms with Crippen molar-refractivity contribution in [3.8, 4) is 0 Å². The zero-order valence-electron chi connectivity index (χ0n) is 8.83. The van der Waals surface area contributed by atoms with E-state index in [2.05, 4.69) is 29.8 Å². The summed E-state index contributed by atoms with van der Waals surface area (Å²) >= 11 is 1.83. The Bertz CT molecular complexity index is 221. The van der Waals surface area contributed by atoms with Gasteiger partial charge < -0.3 is 11.1 Å². The van der Waals surface area contributed by atoms with Crippen LogP contribution in [-0.2, 0) is 6.42 Å². The van der Waals surface area contributed by atoms with E-state index in [9.17, 15) is 0 Å². The minimum Gasteiger partial charge on any atom is -0.330 e. The molecule has 3 heteroatoms. The van der Waals surface area contributed by atoms with Crippen molar-refractivity contribution in [3.05, 3.63) is 22.4 Å². The molecule has 1 unspecified atom stereocenters. The maximum atomic E-state index is 5.54. The van der Waals surface area contributed by atoms with Crippen LogP contribution >= 0.6 is 11.3 Å². The first-order chi connectivity index (χ1) is 6.83. The number of nitrogens with one attached hydrogen (secondary N) is 1. The smallest absolute Gasteiger partial charge is 0.00578 e. The van der Waals surface area contributed by atoms with Crippen molar-refractivity contribution in [2.24, 2.45) is 11.7 Å². The molecule has 1 aromatic rings. The van der Waals surface area contributed by atoms with Gasteiger partial charge in [-0.05, 0) is 49.8 Å². The fourth-order valence-corrected chi connectivity index (χ4v) is 1.97. The molecule has 0 fully saturated rings. The zero-order chi connectivity index (χ0) is 10.2. The summed E-state index contributed by atoms with van der Waals surface area (Å²) in [5, 5.41) is 5.57. The largest absolute Gasteiger partial charge is 0.330 e. The lowest BCUT2D eigenvalue weighted by molar-refractivity contribution is 0.511. The third-order valence-corrected chi connectivity index (χ3v) is 3.28. The molecule has 80 valence electrons. The fourth-order valence-electron chi connectivity index (χ4n) is 1.26. The highest BCUT2D eigenvalue weighted by Gasteiger charge is 1.98. The van der Waals surface area contributed by atoms with Gasteiger partial charge in [0.15, 0.2) is 0 Å². The number of thiophene rings is 1. The van der Waals surface area contributed by atoms with Crippen LogP contribution in [0.25, 0.3) is 0 Å². The predicted molar refractivity (Wildman–Crippen MR) is 63.7 cm³/mol. The lowest BCUT2D eigenvalue weighted by atomic mass is 10.1. The molecule has 0 aliphatic heterocycles. The van der Waals surface area contributed by atoms with E-state index < -0.39 is 0 Å². The summed E-state index contributed by atoms with van der Waals surface area (Å²) in [7, 11) is 0. The van der Waals surface area contributed by atoms with Gasteiger partial charge >= 0.3 is 0 Å². The molecule has 0 aromatic carbocycles. The minimum absolute atomic E-state index is 0.643. The standard InChI is InChI=1S/C11H20N2S/c1-10(9-12)4-6-13-7-5-11-3-2-8-14-11/h2-3,8,10,13H,4-7,9,12H2,1H3. The molecule has 1 aromatic heterocycles. The average molecular weight is 212 g/mol. The van der Waals surface area contributed by atoms with E-state index in [0.717, 1.165) is 26.1 Å². The van der Waals surface area contributed by atoms with Gasteiger partial charge in [0.1, 0.15) is 0 Å². The van der Waals surface area contributed by atoms with Gasteiger partial charge in [-0.15, -0.1) is 11.3 Å². The molecule has 0 aliphatic carbocycles. The van der Waals surface area contributed by atoms with Gasteiger partial charge in [-0.2, -0.15) is 0 Å². The molecule has 0 amide bonds. The summed E-state index contributed by atoms with van der Waals surface area (Å²) < 4.78 is 0. The number of nitrogens with two attached hydrogens (primary N) is 1. The Kier molecular flexibility index (Phi) is 5.83. The minimum atomic E-state index is 0.643. The molecule has 0 bridgehead atoms. The van der Waals surface area contributed by atoms with Crippen LogP contribution in [0, 0.1) is 5.92 Å². The van der Waals surface area contributed by atoms with Gasteiger partial charge in [0, 0.05) is 4.88 Å². The topological polar surface area (TPSA) is 38.0 Å². The first-order valence-corrected chi connectivity index (χ1v) is 6.14. The van der Waals surface area contributed by atoms with Crippen LogP contribution in [0.1, 0.15) is 18.2 Å². The monoisotopic (exact) mass is 212 g/mol. The Hall–Kier alpha value is -0.380. The molecular formula is C11H20N2S. The average Bonchev–Trinajstić information content (AvgIpc) is 2.69. The van der Waals surface area contributed by atoms with Crippen molar-refractivity contribution in [2.75, 3.05) is 19.6 Å². The van der Waals surface area contributed by atoms with E-state index >= 15 is 0 Å². The van der Waals surface area contributed by atoms with Crippen LogP contribution in [-0.4, -0.2) is 19.6 Å². The van der Waals surface area contributed by atoms with Gasteiger partial charge in [-0.1, -0.05) is 13.0 Å². The molecule has 1 atom stereocenters. The van der Waals surface area contributed by atoms with E-state index in [1.165, 1.54) is 11.3 Å². The quantitative estimate of drug-likeness (QED) is 0.677. The highest BCUT2D eigenvalue weighted by atomic mass is 32.1. The van der Waals surface area contributed by atoms with Gasteiger partial charge in [0.05, 0.1) is 0 Å². The normalized spacial score (nSPS) is 13.0. The van der Waals surface area contributed by atoms with Gasteiger partial charge in [0.2, 0.25) is 0 Å². The van der Waals surface area contributed by atoms with Gasteiger partial charge in [-0.25, -0.2) is 0 Å².